The Balaban J connectivity index is 2.14. The summed E-state index contributed by atoms with van der Waals surface area (Å²) in [7, 11) is 1.32. The Morgan fingerprint density at radius 3 is 2.43 bits per heavy atom. The maximum Gasteiger partial charge on any atom is 0.339 e. The molecule has 1 aromatic carbocycles. The van der Waals surface area contributed by atoms with E-state index in [0.717, 1.165) is 6.42 Å². The number of hydrogen-bond acceptors (Lipinski definition) is 5. The van der Waals surface area contributed by atoms with Crippen molar-refractivity contribution in [1.82, 2.24) is 4.98 Å². The Bertz CT molecular complexity index is 855. The maximum atomic E-state index is 12.7. The van der Waals surface area contributed by atoms with E-state index in [-0.39, 0.29) is 18.9 Å². The lowest BCUT2D eigenvalue weighted by Crippen LogP contribution is -2.15. The first-order valence-corrected chi connectivity index (χ1v) is 8.99. The molecule has 1 heterocycles. The molecule has 2 amide bonds. The standard InChI is InChI=1S/C20H25N3O5/c1-4-5-15-17(20(26)27-3)12(2)22-18(15)19(25)23-13-6-8-14(9-7-13)28-11-10-16(21)24/h6-9,22H,4-5,10-11H2,1-3H3,(H2,21,24)(H,23,25). The Labute approximate surface area is 163 Å². The topological polar surface area (TPSA) is 124 Å². The highest BCUT2D eigenvalue weighted by molar-refractivity contribution is 6.07. The first kappa shape index (κ1) is 21.0. The first-order valence-electron chi connectivity index (χ1n) is 8.99. The van der Waals surface area contributed by atoms with Gasteiger partial charge in [-0.05, 0) is 43.2 Å². The number of methoxy groups -OCH3 is 1. The molecule has 8 heteroatoms. The van der Waals surface area contributed by atoms with E-state index in [1.807, 2.05) is 6.92 Å². The molecule has 4 N–H and O–H groups in total. The molecule has 0 aliphatic rings. The van der Waals surface area contributed by atoms with Gasteiger partial charge in [0.2, 0.25) is 5.91 Å². The fraction of sp³-hybridized carbons (Fsp3) is 0.350. The normalized spacial score (nSPS) is 10.4. The molecule has 0 aliphatic carbocycles. The minimum Gasteiger partial charge on any atom is -0.493 e. The fourth-order valence-corrected chi connectivity index (χ4v) is 2.85. The number of amides is 2. The van der Waals surface area contributed by atoms with Gasteiger partial charge in [-0.2, -0.15) is 0 Å². The third kappa shape index (κ3) is 5.12. The van der Waals surface area contributed by atoms with Gasteiger partial charge < -0.3 is 25.5 Å². The molecule has 0 spiro atoms. The number of esters is 1. The summed E-state index contributed by atoms with van der Waals surface area (Å²) in [4.78, 5) is 38.5. The predicted octanol–water partition coefficient (Wildman–Crippen LogP) is 2.57. The van der Waals surface area contributed by atoms with Crippen molar-refractivity contribution in [3.05, 3.63) is 46.8 Å². The third-order valence-corrected chi connectivity index (χ3v) is 4.14. The smallest absolute Gasteiger partial charge is 0.339 e. The molecule has 2 rings (SSSR count). The van der Waals surface area contributed by atoms with Crippen LogP contribution >= 0.6 is 0 Å². The van der Waals surface area contributed by atoms with Gasteiger partial charge in [0.25, 0.3) is 5.91 Å². The van der Waals surface area contributed by atoms with Crippen LogP contribution in [0.5, 0.6) is 5.75 Å². The number of nitrogens with two attached hydrogens (primary N) is 1. The predicted molar refractivity (Wildman–Crippen MR) is 105 cm³/mol. The van der Waals surface area contributed by atoms with Gasteiger partial charge in [-0.25, -0.2) is 4.79 Å². The summed E-state index contributed by atoms with van der Waals surface area (Å²) in [5.74, 6) is -0.674. The first-order chi connectivity index (χ1) is 13.4. The van der Waals surface area contributed by atoms with Crippen molar-refractivity contribution in [2.75, 3.05) is 19.0 Å². The largest absolute Gasteiger partial charge is 0.493 e. The molecule has 0 radical (unpaired) electrons. The number of rotatable bonds is 9. The van der Waals surface area contributed by atoms with Crippen LogP contribution in [0, 0.1) is 6.92 Å². The van der Waals surface area contributed by atoms with E-state index in [2.05, 4.69) is 10.3 Å². The van der Waals surface area contributed by atoms with Crippen LogP contribution in [0.2, 0.25) is 0 Å². The lowest BCUT2D eigenvalue weighted by atomic mass is 10.0. The molecular formula is C20H25N3O5. The molecule has 0 saturated heterocycles. The van der Waals surface area contributed by atoms with E-state index in [9.17, 15) is 14.4 Å². The van der Waals surface area contributed by atoms with Gasteiger partial charge in [-0.15, -0.1) is 0 Å². The highest BCUT2D eigenvalue weighted by Crippen LogP contribution is 2.23. The van der Waals surface area contributed by atoms with Crippen molar-refractivity contribution in [1.29, 1.82) is 0 Å². The number of aromatic amines is 1. The molecular weight excluding hydrogens is 362 g/mol. The molecule has 0 unspecified atom stereocenters. The molecule has 1 aromatic heterocycles. The minimum absolute atomic E-state index is 0.132. The van der Waals surface area contributed by atoms with Crippen LogP contribution in [0.4, 0.5) is 5.69 Å². The number of carbonyl (C=O) groups excluding carboxylic acids is 3. The lowest BCUT2D eigenvalue weighted by Gasteiger charge is -2.09. The van der Waals surface area contributed by atoms with Crippen molar-refractivity contribution >= 4 is 23.5 Å². The Morgan fingerprint density at radius 1 is 1.18 bits per heavy atom. The highest BCUT2D eigenvalue weighted by Gasteiger charge is 2.24. The minimum atomic E-state index is -0.464. The van der Waals surface area contributed by atoms with E-state index in [0.29, 0.717) is 40.4 Å². The zero-order valence-electron chi connectivity index (χ0n) is 16.3. The number of primary amides is 1. The number of ether oxygens (including phenoxy) is 2. The van der Waals surface area contributed by atoms with Crippen LogP contribution in [0.3, 0.4) is 0 Å². The number of hydrogen-bond donors (Lipinski definition) is 3. The third-order valence-electron chi connectivity index (χ3n) is 4.14. The van der Waals surface area contributed by atoms with Crippen LogP contribution < -0.4 is 15.8 Å². The number of benzene rings is 1. The number of nitrogens with one attached hydrogen (secondary N) is 2. The SMILES string of the molecule is CCCc1c(C(=O)Nc2ccc(OCCC(N)=O)cc2)[nH]c(C)c1C(=O)OC. The second-order valence-corrected chi connectivity index (χ2v) is 6.26. The van der Waals surface area contributed by atoms with Crippen LogP contribution in [-0.4, -0.2) is 36.5 Å². The van der Waals surface area contributed by atoms with Crippen molar-refractivity contribution in [3.8, 4) is 5.75 Å². The average Bonchev–Trinajstić information content (AvgIpc) is 2.99. The summed E-state index contributed by atoms with van der Waals surface area (Å²) < 4.78 is 10.2. The zero-order chi connectivity index (χ0) is 20.7. The van der Waals surface area contributed by atoms with E-state index >= 15 is 0 Å². The van der Waals surface area contributed by atoms with E-state index in [1.54, 1.807) is 31.2 Å². The summed E-state index contributed by atoms with van der Waals surface area (Å²) in [5, 5.41) is 2.80. The molecule has 8 nitrogen and oxygen atoms in total. The quantitative estimate of drug-likeness (QED) is 0.571. The van der Waals surface area contributed by atoms with Crippen LogP contribution in [0.15, 0.2) is 24.3 Å². The van der Waals surface area contributed by atoms with E-state index < -0.39 is 11.9 Å². The zero-order valence-corrected chi connectivity index (χ0v) is 16.3. The van der Waals surface area contributed by atoms with Gasteiger partial charge in [0, 0.05) is 11.4 Å². The van der Waals surface area contributed by atoms with Gasteiger partial charge in [0.1, 0.15) is 11.4 Å². The van der Waals surface area contributed by atoms with Gasteiger partial charge in [0.15, 0.2) is 0 Å². The number of carbonyl (C=O) groups is 3. The van der Waals surface area contributed by atoms with E-state index in [1.165, 1.54) is 7.11 Å². The van der Waals surface area contributed by atoms with Gasteiger partial charge >= 0.3 is 5.97 Å². The van der Waals surface area contributed by atoms with Gasteiger partial charge in [0.05, 0.1) is 25.7 Å². The molecule has 0 atom stereocenters. The second kappa shape index (κ2) is 9.59. The van der Waals surface area contributed by atoms with Crippen LogP contribution in [0.25, 0.3) is 0 Å². The maximum absolute atomic E-state index is 12.7. The van der Waals surface area contributed by atoms with Crippen molar-refractivity contribution in [2.24, 2.45) is 5.73 Å². The lowest BCUT2D eigenvalue weighted by molar-refractivity contribution is -0.118. The fourth-order valence-electron chi connectivity index (χ4n) is 2.85. The molecule has 0 saturated carbocycles. The van der Waals surface area contributed by atoms with Crippen LogP contribution in [-0.2, 0) is 16.0 Å². The number of aryl methyl sites for hydroxylation is 1. The number of H-pyrrole nitrogens is 1. The van der Waals surface area contributed by atoms with Crippen molar-refractivity contribution in [3.63, 3.8) is 0 Å². The van der Waals surface area contributed by atoms with E-state index in [4.69, 9.17) is 15.2 Å². The molecule has 28 heavy (non-hydrogen) atoms. The van der Waals surface area contributed by atoms with Crippen molar-refractivity contribution < 1.29 is 23.9 Å². The Morgan fingerprint density at radius 2 is 1.86 bits per heavy atom. The molecule has 0 aliphatic heterocycles. The summed E-state index contributed by atoms with van der Waals surface area (Å²) in [6, 6.07) is 6.74. The van der Waals surface area contributed by atoms with Crippen LogP contribution in [0.1, 0.15) is 51.9 Å². The Hall–Kier alpha value is -3.29. The molecule has 0 fully saturated rings. The summed E-state index contributed by atoms with van der Waals surface area (Å²) in [6.45, 7) is 3.90. The average molecular weight is 387 g/mol. The van der Waals surface area contributed by atoms with Gasteiger partial charge in [-0.3, -0.25) is 9.59 Å². The number of anilines is 1. The highest BCUT2D eigenvalue weighted by atomic mass is 16.5. The summed E-state index contributed by atoms with van der Waals surface area (Å²) in [6.07, 6.45) is 1.48. The summed E-state index contributed by atoms with van der Waals surface area (Å²) >= 11 is 0. The molecule has 0 bridgehead atoms. The van der Waals surface area contributed by atoms with Gasteiger partial charge in [-0.1, -0.05) is 13.3 Å². The molecule has 150 valence electrons. The monoisotopic (exact) mass is 387 g/mol. The summed E-state index contributed by atoms with van der Waals surface area (Å²) in [5.41, 5.74) is 7.64. The second-order valence-electron chi connectivity index (χ2n) is 6.26. The van der Waals surface area contributed by atoms with Crippen molar-refractivity contribution in [2.45, 2.75) is 33.1 Å². The number of aromatic nitrogens is 1. The molecule has 2 aromatic rings. The Kier molecular flexibility index (Phi) is 7.20.